The summed E-state index contributed by atoms with van der Waals surface area (Å²) in [5.41, 5.74) is 6.24. The van der Waals surface area contributed by atoms with Gasteiger partial charge in [-0.05, 0) is 19.4 Å². The van der Waals surface area contributed by atoms with Gasteiger partial charge in [-0.1, -0.05) is 5.21 Å². The fourth-order valence-corrected chi connectivity index (χ4v) is 1.04. The van der Waals surface area contributed by atoms with Crippen LogP contribution in [0.4, 0.5) is 0 Å². The van der Waals surface area contributed by atoms with Gasteiger partial charge in [0.05, 0.1) is 5.69 Å². The topological polar surface area (TPSA) is 85.8 Å². The molecule has 6 heteroatoms. The van der Waals surface area contributed by atoms with Crippen molar-refractivity contribution < 1.29 is 4.79 Å². The predicted octanol–water partition coefficient (Wildman–Crippen LogP) is -1.08. The van der Waals surface area contributed by atoms with Crippen LogP contribution in [0.15, 0.2) is 6.20 Å². The molecular formula is C8H15N5O. The highest BCUT2D eigenvalue weighted by Gasteiger charge is 2.03. The van der Waals surface area contributed by atoms with Crippen LogP contribution < -0.4 is 11.1 Å². The minimum atomic E-state index is -0.0831. The Hall–Kier alpha value is -1.43. The number of rotatable bonds is 5. The molecule has 3 N–H and O–H groups in total. The number of carbonyl (C=O) groups is 1. The number of nitrogens with two attached hydrogens (primary N) is 1. The number of likely N-dealkylation sites (N-methyl/N-ethyl adjacent to an activating group) is 1. The molecule has 0 bridgehead atoms. The predicted molar refractivity (Wildman–Crippen MR) is 51.5 cm³/mol. The van der Waals surface area contributed by atoms with Gasteiger partial charge in [0.1, 0.15) is 6.54 Å². The third-order valence-corrected chi connectivity index (χ3v) is 1.81. The first kappa shape index (κ1) is 10.6. The monoisotopic (exact) mass is 197 g/mol. The van der Waals surface area contributed by atoms with Crippen molar-refractivity contribution in [2.75, 3.05) is 13.6 Å². The van der Waals surface area contributed by atoms with Crippen molar-refractivity contribution in [1.82, 2.24) is 20.3 Å². The Labute approximate surface area is 82.5 Å². The first-order valence-corrected chi connectivity index (χ1v) is 4.56. The van der Waals surface area contributed by atoms with E-state index in [9.17, 15) is 4.79 Å². The second kappa shape index (κ2) is 5.33. The van der Waals surface area contributed by atoms with Gasteiger partial charge >= 0.3 is 0 Å². The number of nitrogens with one attached hydrogen (secondary N) is 1. The fraction of sp³-hybridized carbons (Fsp3) is 0.625. The summed E-state index contributed by atoms with van der Waals surface area (Å²) in [6.07, 6.45) is 3.47. The van der Waals surface area contributed by atoms with Crippen molar-refractivity contribution in [2.45, 2.75) is 19.4 Å². The zero-order chi connectivity index (χ0) is 10.4. The van der Waals surface area contributed by atoms with Gasteiger partial charge in [-0.3, -0.25) is 4.79 Å². The van der Waals surface area contributed by atoms with Crippen molar-refractivity contribution in [3.05, 3.63) is 11.9 Å². The zero-order valence-corrected chi connectivity index (χ0v) is 8.23. The molecule has 0 atom stereocenters. The molecule has 1 aromatic heterocycles. The second-order valence-electron chi connectivity index (χ2n) is 2.97. The Morgan fingerprint density at radius 1 is 1.71 bits per heavy atom. The lowest BCUT2D eigenvalue weighted by molar-refractivity contribution is -0.121. The van der Waals surface area contributed by atoms with Crippen molar-refractivity contribution in [2.24, 2.45) is 5.73 Å². The number of aromatic nitrogens is 3. The van der Waals surface area contributed by atoms with E-state index in [1.165, 1.54) is 4.68 Å². The first-order valence-electron chi connectivity index (χ1n) is 4.56. The molecule has 6 nitrogen and oxygen atoms in total. The molecular weight excluding hydrogens is 182 g/mol. The van der Waals surface area contributed by atoms with Crippen molar-refractivity contribution >= 4 is 5.91 Å². The molecule has 0 saturated carbocycles. The summed E-state index contributed by atoms with van der Waals surface area (Å²) in [7, 11) is 1.59. The van der Waals surface area contributed by atoms with Crippen LogP contribution in [0.25, 0.3) is 0 Å². The molecule has 1 amide bonds. The highest BCUT2D eigenvalue weighted by molar-refractivity contribution is 5.75. The van der Waals surface area contributed by atoms with E-state index in [-0.39, 0.29) is 12.5 Å². The minimum absolute atomic E-state index is 0.0831. The molecule has 0 spiro atoms. The molecule has 0 radical (unpaired) electrons. The van der Waals surface area contributed by atoms with Gasteiger partial charge in [-0.2, -0.15) is 0 Å². The molecule has 78 valence electrons. The maximum Gasteiger partial charge on any atom is 0.241 e. The molecule has 1 heterocycles. The largest absolute Gasteiger partial charge is 0.358 e. The van der Waals surface area contributed by atoms with E-state index in [1.54, 1.807) is 13.2 Å². The van der Waals surface area contributed by atoms with Crippen LogP contribution >= 0.6 is 0 Å². The van der Waals surface area contributed by atoms with Gasteiger partial charge in [0.2, 0.25) is 5.91 Å². The Morgan fingerprint density at radius 3 is 3.14 bits per heavy atom. The summed E-state index contributed by atoms with van der Waals surface area (Å²) in [6.45, 7) is 0.856. The minimum Gasteiger partial charge on any atom is -0.358 e. The molecule has 1 rings (SSSR count). The van der Waals surface area contributed by atoms with Gasteiger partial charge in [-0.15, -0.1) is 5.10 Å². The van der Waals surface area contributed by atoms with Gasteiger partial charge in [0, 0.05) is 13.2 Å². The molecule has 14 heavy (non-hydrogen) atoms. The molecule has 0 unspecified atom stereocenters. The summed E-state index contributed by atoms with van der Waals surface area (Å²) >= 11 is 0. The Morgan fingerprint density at radius 2 is 2.50 bits per heavy atom. The lowest BCUT2D eigenvalue weighted by atomic mass is 10.2. The molecule has 0 aromatic carbocycles. The number of amides is 1. The number of aryl methyl sites for hydroxylation is 1. The summed E-state index contributed by atoms with van der Waals surface area (Å²) in [4.78, 5) is 11.0. The molecule has 1 aromatic rings. The van der Waals surface area contributed by atoms with E-state index in [2.05, 4.69) is 15.6 Å². The van der Waals surface area contributed by atoms with Crippen LogP contribution in [0.2, 0.25) is 0 Å². The number of nitrogens with zero attached hydrogens (tertiary/aromatic N) is 3. The molecule has 0 aliphatic heterocycles. The van der Waals surface area contributed by atoms with Gasteiger partial charge in [0.25, 0.3) is 0 Å². The standard InChI is InChI=1S/C8H15N5O/c1-10-8(14)6-13-5-7(11-12-13)3-2-4-9/h5H,2-4,6,9H2,1H3,(H,10,14). The number of hydrogen-bond acceptors (Lipinski definition) is 4. The highest BCUT2D eigenvalue weighted by Crippen LogP contribution is 1.96. The maximum absolute atomic E-state index is 11.0. The second-order valence-corrected chi connectivity index (χ2v) is 2.97. The smallest absolute Gasteiger partial charge is 0.241 e. The average Bonchev–Trinajstić information content (AvgIpc) is 2.62. The maximum atomic E-state index is 11.0. The van der Waals surface area contributed by atoms with E-state index in [0.29, 0.717) is 6.54 Å². The van der Waals surface area contributed by atoms with Crippen LogP contribution in [0, 0.1) is 0 Å². The number of carbonyl (C=O) groups excluding carboxylic acids is 1. The summed E-state index contributed by atoms with van der Waals surface area (Å²) in [5.74, 6) is -0.0831. The molecule has 0 fully saturated rings. The van der Waals surface area contributed by atoms with E-state index < -0.39 is 0 Å². The van der Waals surface area contributed by atoms with E-state index in [0.717, 1.165) is 18.5 Å². The molecule has 0 saturated heterocycles. The lowest BCUT2D eigenvalue weighted by Gasteiger charge is -1.97. The number of hydrogen-bond donors (Lipinski definition) is 2. The van der Waals surface area contributed by atoms with Crippen molar-refractivity contribution in [3.8, 4) is 0 Å². The third-order valence-electron chi connectivity index (χ3n) is 1.81. The van der Waals surface area contributed by atoms with Crippen molar-refractivity contribution in [3.63, 3.8) is 0 Å². The molecule has 0 aliphatic rings. The Kier molecular flexibility index (Phi) is 4.06. The average molecular weight is 197 g/mol. The summed E-state index contributed by atoms with van der Waals surface area (Å²) in [6, 6.07) is 0. The van der Waals surface area contributed by atoms with E-state index in [1.807, 2.05) is 0 Å². The SMILES string of the molecule is CNC(=O)Cn1cc(CCCN)nn1. The third kappa shape index (κ3) is 3.14. The molecule has 0 aliphatic carbocycles. The van der Waals surface area contributed by atoms with Gasteiger partial charge in [0.15, 0.2) is 0 Å². The van der Waals surface area contributed by atoms with E-state index >= 15 is 0 Å². The summed E-state index contributed by atoms with van der Waals surface area (Å²) < 4.78 is 1.52. The van der Waals surface area contributed by atoms with Crippen LogP contribution in [-0.4, -0.2) is 34.5 Å². The van der Waals surface area contributed by atoms with Gasteiger partial charge in [-0.25, -0.2) is 4.68 Å². The Bertz CT molecular complexity index is 296. The normalized spacial score (nSPS) is 10.1. The lowest BCUT2D eigenvalue weighted by Crippen LogP contribution is -2.23. The van der Waals surface area contributed by atoms with Crippen LogP contribution in [0.3, 0.4) is 0 Å². The van der Waals surface area contributed by atoms with Gasteiger partial charge < -0.3 is 11.1 Å². The van der Waals surface area contributed by atoms with Crippen LogP contribution in [0.5, 0.6) is 0 Å². The van der Waals surface area contributed by atoms with E-state index in [4.69, 9.17) is 5.73 Å². The van der Waals surface area contributed by atoms with Crippen molar-refractivity contribution in [1.29, 1.82) is 0 Å². The quantitative estimate of drug-likeness (QED) is 0.628. The highest BCUT2D eigenvalue weighted by atomic mass is 16.1. The van der Waals surface area contributed by atoms with Crippen LogP contribution in [-0.2, 0) is 17.8 Å². The van der Waals surface area contributed by atoms with Crippen LogP contribution in [0.1, 0.15) is 12.1 Å². The first-order chi connectivity index (χ1) is 6.76. The summed E-state index contributed by atoms with van der Waals surface area (Å²) in [5, 5.41) is 10.3. The Balaban J connectivity index is 2.46. The zero-order valence-electron chi connectivity index (χ0n) is 8.23. The fourth-order valence-electron chi connectivity index (χ4n) is 1.04.